The first-order valence-electron chi connectivity index (χ1n) is 4.86. The molecule has 0 saturated carbocycles. The minimum atomic E-state index is -3.76. The Morgan fingerprint density at radius 2 is 2.11 bits per heavy atom. The average Bonchev–Trinajstić information content (AvgIpc) is 2.29. The Bertz CT molecular complexity index is 549. The summed E-state index contributed by atoms with van der Waals surface area (Å²) in [5.41, 5.74) is -0.842. The van der Waals surface area contributed by atoms with E-state index >= 15 is 0 Å². The van der Waals surface area contributed by atoms with Crippen LogP contribution in [0, 0.1) is 15.9 Å². The standard InChI is InChI=1S/C9H10ClFN2O4S/c10-4-1-5-18(16,17)12-9-6-7(13(14)15)2-3-8(9)11/h2-3,6,12H,1,4-5H2. The van der Waals surface area contributed by atoms with Crippen molar-refractivity contribution in [2.45, 2.75) is 6.42 Å². The lowest BCUT2D eigenvalue weighted by molar-refractivity contribution is -0.384. The van der Waals surface area contributed by atoms with Gasteiger partial charge in [0.05, 0.1) is 16.4 Å². The van der Waals surface area contributed by atoms with Crippen molar-refractivity contribution < 1.29 is 17.7 Å². The van der Waals surface area contributed by atoms with Crippen LogP contribution in [0.5, 0.6) is 0 Å². The highest BCUT2D eigenvalue weighted by atomic mass is 35.5. The molecule has 0 radical (unpaired) electrons. The van der Waals surface area contributed by atoms with Crippen molar-refractivity contribution in [3.63, 3.8) is 0 Å². The van der Waals surface area contributed by atoms with E-state index in [9.17, 15) is 22.9 Å². The molecule has 1 aromatic rings. The molecule has 0 saturated heterocycles. The summed E-state index contributed by atoms with van der Waals surface area (Å²) in [6.45, 7) is 0. The molecule has 1 N–H and O–H groups in total. The highest BCUT2D eigenvalue weighted by Gasteiger charge is 2.16. The summed E-state index contributed by atoms with van der Waals surface area (Å²) in [6.07, 6.45) is 0.202. The van der Waals surface area contributed by atoms with Crippen LogP contribution in [0.15, 0.2) is 18.2 Å². The van der Waals surface area contributed by atoms with E-state index in [1.807, 2.05) is 4.72 Å². The van der Waals surface area contributed by atoms with E-state index in [4.69, 9.17) is 11.6 Å². The second kappa shape index (κ2) is 5.96. The Morgan fingerprint density at radius 1 is 1.44 bits per heavy atom. The maximum atomic E-state index is 13.3. The zero-order chi connectivity index (χ0) is 13.8. The number of hydrogen-bond donors (Lipinski definition) is 1. The van der Waals surface area contributed by atoms with Gasteiger partial charge in [-0.15, -0.1) is 11.6 Å². The topological polar surface area (TPSA) is 89.3 Å². The third-order valence-corrected chi connectivity index (χ3v) is 3.60. The number of hydrogen-bond acceptors (Lipinski definition) is 4. The molecule has 100 valence electrons. The lowest BCUT2D eigenvalue weighted by atomic mass is 10.3. The number of halogens is 2. The molecule has 0 amide bonds. The predicted octanol–water partition coefficient (Wildman–Crippen LogP) is 2.10. The second-order valence-electron chi connectivity index (χ2n) is 3.38. The zero-order valence-electron chi connectivity index (χ0n) is 9.10. The van der Waals surface area contributed by atoms with Gasteiger partial charge in [-0.3, -0.25) is 14.8 Å². The monoisotopic (exact) mass is 296 g/mol. The molecular formula is C9H10ClFN2O4S. The number of benzene rings is 1. The first kappa shape index (κ1) is 14.7. The van der Waals surface area contributed by atoms with E-state index in [0.29, 0.717) is 0 Å². The van der Waals surface area contributed by atoms with Crippen molar-refractivity contribution in [1.82, 2.24) is 0 Å². The average molecular weight is 297 g/mol. The summed E-state index contributed by atoms with van der Waals surface area (Å²) in [5.74, 6) is -1.01. The molecule has 0 spiro atoms. The third kappa shape index (κ3) is 4.11. The van der Waals surface area contributed by atoms with Gasteiger partial charge in [-0.25, -0.2) is 12.8 Å². The summed E-state index contributed by atoms with van der Waals surface area (Å²) in [6, 6.07) is 2.61. The number of nitrogens with one attached hydrogen (secondary N) is 1. The lowest BCUT2D eigenvalue weighted by Gasteiger charge is -2.07. The second-order valence-corrected chi connectivity index (χ2v) is 5.60. The van der Waals surface area contributed by atoms with Crippen LogP contribution in [-0.2, 0) is 10.0 Å². The van der Waals surface area contributed by atoms with Crippen molar-refractivity contribution in [3.05, 3.63) is 34.1 Å². The highest BCUT2D eigenvalue weighted by Crippen LogP contribution is 2.22. The van der Waals surface area contributed by atoms with Gasteiger partial charge in [0.25, 0.3) is 5.69 Å². The van der Waals surface area contributed by atoms with Crippen molar-refractivity contribution in [2.24, 2.45) is 0 Å². The largest absolute Gasteiger partial charge is 0.280 e. The van der Waals surface area contributed by atoms with Gasteiger partial charge >= 0.3 is 0 Å². The maximum absolute atomic E-state index is 13.3. The summed E-state index contributed by atoms with van der Waals surface area (Å²) in [4.78, 5) is 9.75. The zero-order valence-corrected chi connectivity index (χ0v) is 10.7. The summed E-state index contributed by atoms with van der Waals surface area (Å²) in [5, 5.41) is 10.5. The summed E-state index contributed by atoms with van der Waals surface area (Å²) >= 11 is 5.35. The molecule has 0 fully saturated rings. The summed E-state index contributed by atoms with van der Waals surface area (Å²) in [7, 11) is -3.76. The fraction of sp³-hybridized carbons (Fsp3) is 0.333. The molecule has 0 aliphatic carbocycles. The van der Waals surface area contributed by atoms with Crippen molar-refractivity contribution in [1.29, 1.82) is 0 Å². The maximum Gasteiger partial charge on any atom is 0.271 e. The summed E-state index contributed by atoms with van der Waals surface area (Å²) < 4.78 is 38.2. The number of rotatable bonds is 6. The number of sulfonamides is 1. The van der Waals surface area contributed by atoms with Crippen LogP contribution < -0.4 is 4.72 Å². The van der Waals surface area contributed by atoms with Crippen LogP contribution in [0.4, 0.5) is 15.8 Å². The number of nitro benzene ring substituents is 1. The van der Waals surface area contributed by atoms with Crippen molar-refractivity contribution >= 4 is 33.0 Å². The fourth-order valence-corrected chi connectivity index (χ4v) is 2.58. The number of alkyl halides is 1. The quantitative estimate of drug-likeness (QED) is 0.494. The predicted molar refractivity (Wildman–Crippen MR) is 65.8 cm³/mol. The van der Waals surface area contributed by atoms with Crippen LogP contribution in [0.3, 0.4) is 0 Å². The van der Waals surface area contributed by atoms with Crippen molar-refractivity contribution in [3.8, 4) is 0 Å². The molecule has 0 aliphatic rings. The molecule has 1 rings (SSSR count). The van der Waals surface area contributed by atoms with Gasteiger partial charge in [-0.05, 0) is 12.5 Å². The SMILES string of the molecule is O=[N+]([O-])c1ccc(F)c(NS(=O)(=O)CCCCl)c1. The molecule has 9 heteroatoms. The fourth-order valence-electron chi connectivity index (χ4n) is 1.17. The third-order valence-electron chi connectivity index (χ3n) is 1.97. The molecule has 0 atom stereocenters. The van der Waals surface area contributed by atoms with Gasteiger partial charge < -0.3 is 0 Å². The minimum Gasteiger partial charge on any atom is -0.280 e. The Hall–Kier alpha value is -1.41. The molecule has 1 aromatic carbocycles. The Labute approximate surface area is 108 Å². The van der Waals surface area contributed by atoms with Crippen molar-refractivity contribution in [2.75, 3.05) is 16.4 Å². The molecule has 0 heterocycles. The first-order chi connectivity index (χ1) is 8.35. The lowest BCUT2D eigenvalue weighted by Crippen LogP contribution is -2.17. The normalized spacial score (nSPS) is 11.2. The number of anilines is 1. The van der Waals surface area contributed by atoms with E-state index in [-0.39, 0.29) is 18.1 Å². The van der Waals surface area contributed by atoms with Gasteiger partial charge in [-0.2, -0.15) is 0 Å². The Morgan fingerprint density at radius 3 is 2.67 bits per heavy atom. The van der Waals surface area contributed by atoms with Gasteiger partial charge in [0.1, 0.15) is 5.82 Å². The number of nitro groups is 1. The highest BCUT2D eigenvalue weighted by molar-refractivity contribution is 7.92. The van der Waals surface area contributed by atoms with Crippen LogP contribution in [0.2, 0.25) is 0 Å². The van der Waals surface area contributed by atoms with Crippen LogP contribution >= 0.6 is 11.6 Å². The van der Waals surface area contributed by atoms with Crippen LogP contribution in [-0.4, -0.2) is 25.0 Å². The van der Waals surface area contributed by atoms with Gasteiger partial charge in [0, 0.05) is 18.0 Å². The van der Waals surface area contributed by atoms with E-state index in [1.165, 1.54) is 0 Å². The molecule has 0 aliphatic heterocycles. The number of non-ortho nitro benzene ring substituents is 1. The number of nitrogens with zero attached hydrogens (tertiary/aromatic N) is 1. The van der Waals surface area contributed by atoms with Crippen LogP contribution in [0.25, 0.3) is 0 Å². The van der Waals surface area contributed by atoms with Crippen LogP contribution in [0.1, 0.15) is 6.42 Å². The molecular weight excluding hydrogens is 287 g/mol. The first-order valence-corrected chi connectivity index (χ1v) is 7.05. The Kier molecular flexibility index (Phi) is 4.85. The van der Waals surface area contributed by atoms with Gasteiger partial charge in [0.2, 0.25) is 10.0 Å². The van der Waals surface area contributed by atoms with E-state index in [2.05, 4.69) is 0 Å². The van der Waals surface area contributed by atoms with Gasteiger partial charge in [0.15, 0.2) is 0 Å². The van der Waals surface area contributed by atoms with E-state index in [0.717, 1.165) is 18.2 Å². The van der Waals surface area contributed by atoms with Gasteiger partial charge in [-0.1, -0.05) is 0 Å². The molecule has 18 heavy (non-hydrogen) atoms. The molecule has 6 nitrogen and oxygen atoms in total. The molecule has 0 bridgehead atoms. The Balaban J connectivity index is 2.96. The minimum absolute atomic E-state index is 0.151. The molecule has 0 unspecified atom stereocenters. The smallest absolute Gasteiger partial charge is 0.271 e. The van der Waals surface area contributed by atoms with E-state index < -0.39 is 32.1 Å². The molecule has 0 aromatic heterocycles. The van der Waals surface area contributed by atoms with E-state index in [1.54, 1.807) is 0 Å².